The lowest BCUT2D eigenvalue weighted by Crippen LogP contribution is -2.16. The molecule has 0 bridgehead atoms. The highest BCUT2D eigenvalue weighted by molar-refractivity contribution is 5.52. The minimum absolute atomic E-state index is 0.848. The smallest absolute Gasteiger partial charge is 0.120 e. The fourth-order valence-corrected chi connectivity index (χ4v) is 2.22. The van der Waals surface area contributed by atoms with Crippen LogP contribution in [0.5, 0.6) is 0 Å². The number of hydrogen-bond acceptors (Lipinski definition) is 3. The van der Waals surface area contributed by atoms with Crippen LogP contribution in [0.1, 0.15) is 17.0 Å². The van der Waals surface area contributed by atoms with Crippen LogP contribution in [0.2, 0.25) is 0 Å². The van der Waals surface area contributed by atoms with Crippen molar-refractivity contribution < 1.29 is 0 Å². The molecule has 1 aliphatic heterocycles. The molecule has 0 saturated carbocycles. The average Bonchev–Trinajstić information content (AvgIpc) is 2.88. The molecule has 1 aromatic carbocycles. The zero-order chi connectivity index (χ0) is 11.0. The maximum atomic E-state index is 5.96. The van der Waals surface area contributed by atoms with Gasteiger partial charge >= 0.3 is 0 Å². The number of benzene rings is 1. The van der Waals surface area contributed by atoms with Crippen molar-refractivity contribution in [1.82, 2.24) is 14.9 Å². The number of aromatic nitrogens is 2. The van der Waals surface area contributed by atoms with Crippen LogP contribution in [0, 0.1) is 0 Å². The molecule has 0 atom stereocenters. The molecule has 0 saturated heterocycles. The second-order valence-electron chi connectivity index (χ2n) is 4.17. The number of imidazole rings is 1. The lowest BCUT2D eigenvalue weighted by molar-refractivity contribution is 0.269. The zero-order valence-corrected chi connectivity index (χ0v) is 8.98. The SMILES string of the molecule is Nc1cccc2c1CN(Cc1ncc[nH]1)C2. The van der Waals surface area contributed by atoms with E-state index in [1.807, 2.05) is 18.3 Å². The van der Waals surface area contributed by atoms with Gasteiger partial charge in [0.25, 0.3) is 0 Å². The normalized spacial score (nSPS) is 15.2. The van der Waals surface area contributed by atoms with Gasteiger partial charge in [-0.2, -0.15) is 0 Å². The summed E-state index contributed by atoms with van der Waals surface area (Å²) in [6.45, 7) is 2.73. The number of nitrogen functional groups attached to an aromatic ring is 1. The number of anilines is 1. The van der Waals surface area contributed by atoms with E-state index >= 15 is 0 Å². The molecule has 16 heavy (non-hydrogen) atoms. The Labute approximate surface area is 94.1 Å². The molecule has 0 spiro atoms. The van der Waals surface area contributed by atoms with E-state index in [0.29, 0.717) is 0 Å². The monoisotopic (exact) mass is 214 g/mol. The molecular weight excluding hydrogens is 200 g/mol. The Kier molecular flexibility index (Phi) is 2.15. The molecule has 82 valence electrons. The first kappa shape index (κ1) is 9.42. The highest BCUT2D eigenvalue weighted by Crippen LogP contribution is 2.27. The van der Waals surface area contributed by atoms with E-state index in [9.17, 15) is 0 Å². The number of nitrogens with two attached hydrogens (primary N) is 1. The number of hydrogen-bond donors (Lipinski definition) is 2. The maximum Gasteiger partial charge on any atom is 0.120 e. The van der Waals surface area contributed by atoms with Crippen LogP contribution < -0.4 is 5.73 Å². The molecule has 3 N–H and O–H groups in total. The van der Waals surface area contributed by atoms with Crippen LogP contribution in [0.25, 0.3) is 0 Å². The van der Waals surface area contributed by atoms with Gasteiger partial charge in [-0.3, -0.25) is 4.90 Å². The molecule has 0 aliphatic carbocycles. The Hall–Kier alpha value is -1.81. The van der Waals surface area contributed by atoms with Crippen LogP contribution in [0.3, 0.4) is 0 Å². The third kappa shape index (κ3) is 1.57. The van der Waals surface area contributed by atoms with E-state index in [-0.39, 0.29) is 0 Å². The second kappa shape index (κ2) is 3.64. The zero-order valence-electron chi connectivity index (χ0n) is 8.98. The van der Waals surface area contributed by atoms with E-state index in [0.717, 1.165) is 31.1 Å². The van der Waals surface area contributed by atoms with E-state index in [1.165, 1.54) is 11.1 Å². The number of nitrogens with zero attached hydrogens (tertiary/aromatic N) is 2. The van der Waals surface area contributed by atoms with Gasteiger partial charge in [0, 0.05) is 31.2 Å². The average molecular weight is 214 g/mol. The first-order valence-corrected chi connectivity index (χ1v) is 5.40. The van der Waals surface area contributed by atoms with Gasteiger partial charge < -0.3 is 10.7 Å². The van der Waals surface area contributed by atoms with E-state index < -0.39 is 0 Å². The Bertz CT molecular complexity index is 490. The Balaban J connectivity index is 1.78. The molecule has 0 amide bonds. The van der Waals surface area contributed by atoms with Crippen molar-refractivity contribution in [3.8, 4) is 0 Å². The maximum absolute atomic E-state index is 5.96. The molecular formula is C12H14N4. The van der Waals surface area contributed by atoms with E-state index in [1.54, 1.807) is 6.20 Å². The molecule has 1 aliphatic rings. The van der Waals surface area contributed by atoms with Gasteiger partial charge in [0.2, 0.25) is 0 Å². The third-order valence-electron chi connectivity index (χ3n) is 3.01. The lowest BCUT2D eigenvalue weighted by atomic mass is 10.1. The van der Waals surface area contributed by atoms with Gasteiger partial charge in [-0.1, -0.05) is 12.1 Å². The highest BCUT2D eigenvalue weighted by atomic mass is 15.2. The summed E-state index contributed by atoms with van der Waals surface area (Å²) in [6.07, 6.45) is 3.64. The van der Waals surface area contributed by atoms with Crippen molar-refractivity contribution in [2.75, 3.05) is 5.73 Å². The fourth-order valence-electron chi connectivity index (χ4n) is 2.22. The number of aromatic amines is 1. The fraction of sp³-hybridized carbons (Fsp3) is 0.250. The molecule has 4 heteroatoms. The summed E-state index contributed by atoms with van der Waals surface area (Å²) in [6, 6.07) is 6.13. The molecule has 1 aromatic heterocycles. The lowest BCUT2D eigenvalue weighted by Gasteiger charge is -2.12. The van der Waals surface area contributed by atoms with Crippen LogP contribution in [-0.2, 0) is 19.6 Å². The second-order valence-corrected chi connectivity index (χ2v) is 4.17. The van der Waals surface area contributed by atoms with Gasteiger partial charge in [0.15, 0.2) is 0 Å². The topological polar surface area (TPSA) is 57.9 Å². The van der Waals surface area contributed by atoms with Gasteiger partial charge in [-0.25, -0.2) is 4.98 Å². The summed E-state index contributed by atoms with van der Waals surface area (Å²) >= 11 is 0. The number of fused-ring (bicyclic) bond motifs is 1. The summed E-state index contributed by atoms with van der Waals surface area (Å²) < 4.78 is 0. The summed E-state index contributed by atoms with van der Waals surface area (Å²) in [5, 5.41) is 0. The molecule has 0 radical (unpaired) electrons. The molecule has 2 heterocycles. The molecule has 3 rings (SSSR count). The first-order chi connectivity index (χ1) is 7.83. The highest BCUT2D eigenvalue weighted by Gasteiger charge is 2.20. The van der Waals surface area contributed by atoms with Crippen molar-refractivity contribution >= 4 is 5.69 Å². The van der Waals surface area contributed by atoms with Crippen molar-refractivity contribution in [3.63, 3.8) is 0 Å². The predicted octanol–water partition coefficient (Wildman–Crippen LogP) is 1.51. The van der Waals surface area contributed by atoms with Gasteiger partial charge in [0.1, 0.15) is 5.82 Å². The molecule has 0 fully saturated rings. The van der Waals surface area contributed by atoms with Crippen molar-refractivity contribution in [3.05, 3.63) is 47.5 Å². The number of nitrogens with one attached hydrogen (secondary N) is 1. The summed E-state index contributed by atoms with van der Waals surface area (Å²) in [5.41, 5.74) is 9.47. The summed E-state index contributed by atoms with van der Waals surface area (Å²) in [4.78, 5) is 9.69. The van der Waals surface area contributed by atoms with Gasteiger partial charge in [-0.15, -0.1) is 0 Å². The Morgan fingerprint density at radius 2 is 2.31 bits per heavy atom. The largest absolute Gasteiger partial charge is 0.398 e. The van der Waals surface area contributed by atoms with E-state index in [2.05, 4.69) is 20.9 Å². The van der Waals surface area contributed by atoms with Crippen molar-refractivity contribution in [1.29, 1.82) is 0 Å². The third-order valence-corrected chi connectivity index (χ3v) is 3.01. The molecule has 0 unspecified atom stereocenters. The van der Waals surface area contributed by atoms with E-state index in [4.69, 9.17) is 5.73 Å². The quantitative estimate of drug-likeness (QED) is 0.745. The van der Waals surface area contributed by atoms with Crippen LogP contribution in [0.15, 0.2) is 30.6 Å². The first-order valence-electron chi connectivity index (χ1n) is 5.40. The molecule has 2 aromatic rings. The minimum Gasteiger partial charge on any atom is -0.398 e. The standard InChI is InChI=1S/C12H14N4/c13-11-3-1-2-9-6-16(7-10(9)11)8-12-14-4-5-15-12/h1-5H,6-8,13H2,(H,14,15). The number of H-pyrrole nitrogens is 1. The van der Waals surface area contributed by atoms with Crippen LogP contribution >= 0.6 is 0 Å². The van der Waals surface area contributed by atoms with Crippen molar-refractivity contribution in [2.45, 2.75) is 19.6 Å². The summed E-state index contributed by atoms with van der Waals surface area (Å²) in [5.74, 6) is 1.01. The number of rotatable bonds is 2. The Morgan fingerprint density at radius 3 is 3.06 bits per heavy atom. The van der Waals surface area contributed by atoms with Gasteiger partial charge in [-0.05, 0) is 17.2 Å². The minimum atomic E-state index is 0.848. The predicted molar refractivity (Wildman–Crippen MR) is 62.4 cm³/mol. The van der Waals surface area contributed by atoms with Crippen LogP contribution in [0.4, 0.5) is 5.69 Å². The Morgan fingerprint density at radius 1 is 1.38 bits per heavy atom. The van der Waals surface area contributed by atoms with Gasteiger partial charge in [0.05, 0.1) is 6.54 Å². The molecule has 4 nitrogen and oxygen atoms in total. The summed E-state index contributed by atoms with van der Waals surface area (Å²) in [7, 11) is 0. The van der Waals surface area contributed by atoms with Crippen LogP contribution in [-0.4, -0.2) is 14.9 Å². The van der Waals surface area contributed by atoms with Crippen molar-refractivity contribution in [2.24, 2.45) is 0 Å².